The molecule has 132 valence electrons. The predicted octanol–water partition coefficient (Wildman–Crippen LogP) is 2.34. The quantitative estimate of drug-likeness (QED) is 0.807. The number of rotatable bonds is 4. The summed E-state index contributed by atoms with van der Waals surface area (Å²) in [6.07, 6.45) is 2.54. The van der Waals surface area contributed by atoms with Gasteiger partial charge in [0, 0.05) is 29.9 Å². The highest BCUT2D eigenvalue weighted by molar-refractivity contribution is 6.30. The van der Waals surface area contributed by atoms with Crippen LogP contribution in [0.2, 0.25) is 5.02 Å². The number of nitrogens with zero attached hydrogens (tertiary/aromatic N) is 3. The number of esters is 1. The minimum absolute atomic E-state index is 0.363. The molecule has 2 aromatic rings. The third kappa shape index (κ3) is 4.00. The number of carbonyl (C=O) groups excluding carboxylic acids is 1. The third-order valence-electron chi connectivity index (χ3n) is 4.32. The summed E-state index contributed by atoms with van der Waals surface area (Å²) in [7, 11) is 1.36. The Hall–Kier alpha value is -2.38. The van der Waals surface area contributed by atoms with Gasteiger partial charge in [-0.15, -0.1) is 0 Å². The Morgan fingerprint density at radius 2 is 2.08 bits per heavy atom. The topological polar surface area (TPSA) is 93.4 Å². The van der Waals surface area contributed by atoms with Gasteiger partial charge >= 0.3 is 5.97 Å². The lowest BCUT2D eigenvalue weighted by Gasteiger charge is -2.37. The van der Waals surface area contributed by atoms with Crippen molar-refractivity contribution in [3.05, 3.63) is 41.7 Å². The predicted molar refractivity (Wildman–Crippen MR) is 97.1 cm³/mol. The summed E-state index contributed by atoms with van der Waals surface area (Å²) >= 11 is 6.00. The van der Waals surface area contributed by atoms with Gasteiger partial charge in [-0.1, -0.05) is 17.7 Å². The minimum atomic E-state index is -0.917. The highest BCUT2D eigenvalue weighted by Gasteiger charge is 2.39. The molecule has 0 radical (unpaired) electrons. The Kier molecular flexibility index (Phi) is 5.06. The van der Waals surface area contributed by atoms with Crippen LogP contribution in [0.3, 0.4) is 0 Å². The number of piperidine rings is 1. The van der Waals surface area contributed by atoms with Crippen LogP contribution in [0.1, 0.15) is 12.8 Å². The van der Waals surface area contributed by atoms with Crippen molar-refractivity contribution in [2.45, 2.75) is 18.4 Å². The number of halogens is 1. The van der Waals surface area contributed by atoms with E-state index in [1.165, 1.54) is 13.4 Å². The molecule has 0 spiro atoms. The van der Waals surface area contributed by atoms with Crippen LogP contribution in [0.15, 0.2) is 36.7 Å². The Bertz CT molecular complexity index is 762. The van der Waals surface area contributed by atoms with E-state index in [0.29, 0.717) is 36.8 Å². The van der Waals surface area contributed by atoms with Crippen molar-refractivity contribution < 1.29 is 9.53 Å². The summed E-state index contributed by atoms with van der Waals surface area (Å²) in [4.78, 5) is 22.5. The SMILES string of the molecule is COC(=O)C1(N)CCN(c2cc(Nc3cccc(Cl)c3)ncn2)CC1. The first-order valence-corrected chi connectivity index (χ1v) is 8.35. The number of benzene rings is 1. The molecule has 1 saturated heterocycles. The fourth-order valence-electron chi connectivity index (χ4n) is 2.84. The molecule has 1 aliphatic rings. The van der Waals surface area contributed by atoms with E-state index < -0.39 is 5.54 Å². The highest BCUT2D eigenvalue weighted by atomic mass is 35.5. The maximum absolute atomic E-state index is 11.8. The van der Waals surface area contributed by atoms with Crippen molar-refractivity contribution in [2.24, 2.45) is 5.73 Å². The Labute approximate surface area is 151 Å². The average Bonchev–Trinajstić information content (AvgIpc) is 2.62. The first-order valence-electron chi connectivity index (χ1n) is 7.97. The van der Waals surface area contributed by atoms with Gasteiger partial charge in [-0.25, -0.2) is 9.97 Å². The number of methoxy groups -OCH3 is 1. The standard InChI is InChI=1S/C17H20ClN5O2/c1-25-16(24)17(19)5-7-23(8-6-17)15-10-14(20-11-21-15)22-13-4-2-3-12(18)9-13/h2-4,9-11H,5-8,19H2,1H3,(H,20,21,22). The van der Waals surface area contributed by atoms with Crippen LogP contribution in [0.25, 0.3) is 0 Å². The van der Waals surface area contributed by atoms with Crippen molar-refractivity contribution in [1.29, 1.82) is 0 Å². The van der Waals surface area contributed by atoms with Gasteiger partial charge in [0.25, 0.3) is 0 Å². The van der Waals surface area contributed by atoms with Gasteiger partial charge in [-0.2, -0.15) is 0 Å². The molecule has 0 bridgehead atoms. The van der Waals surface area contributed by atoms with E-state index in [-0.39, 0.29) is 5.97 Å². The highest BCUT2D eigenvalue weighted by Crippen LogP contribution is 2.26. The second kappa shape index (κ2) is 7.25. The lowest BCUT2D eigenvalue weighted by Crippen LogP contribution is -2.56. The van der Waals surface area contributed by atoms with Gasteiger partial charge in [-0.3, -0.25) is 4.79 Å². The first-order chi connectivity index (χ1) is 12.0. The maximum atomic E-state index is 11.8. The normalized spacial score (nSPS) is 16.4. The van der Waals surface area contributed by atoms with Gasteiger partial charge < -0.3 is 20.7 Å². The monoisotopic (exact) mass is 361 g/mol. The summed E-state index contributed by atoms with van der Waals surface area (Å²) in [5, 5.41) is 3.86. The molecule has 2 heterocycles. The van der Waals surface area contributed by atoms with Crippen molar-refractivity contribution in [2.75, 3.05) is 30.4 Å². The van der Waals surface area contributed by atoms with E-state index in [1.54, 1.807) is 0 Å². The zero-order valence-corrected chi connectivity index (χ0v) is 14.7. The van der Waals surface area contributed by atoms with E-state index >= 15 is 0 Å². The Balaban J connectivity index is 1.69. The van der Waals surface area contributed by atoms with Crippen molar-refractivity contribution in [1.82, 2.24) is 9.97 Å². The summed E-state index contributed by atoms with van der Waals surface area (Å²) in [5.74, 6) is 1.09. The third-order valence-corrected chi connectivity index (χ3v) is 4.56. The van der Waals surface area contributed by atoms with Gasteiger partial charge in [0.15, 0.2) is 0 Å². The molecule has 1 fully saturated rings. The number of carbonyl (C=O) groups is 1. The van der Waals surface area contributed by atoms with Crippen LogP contribution in [-0.4, -0.2) is 41.7 Å². The molecule has 0 atom stereocenters. The summed E-state index contributed by atoms with van der Waals surface area (Å²) in [6.45, 7) is 1.25. The molecule has 1 aromatic carbocycles. The Morgan fingerprint density at radius 3 is 2.76 bits per heavy atom. The minimum Gasteiger partial charge on any atom is -0.468 e. The van der Waals surface area contributed by atoms with E-state index in [4.69, 9.17) is 22.1 Å². The van der Waals surface area contributed by atoms with Crippen LogP contribution in [0.4, 0.5) is 17.3 Å². The number of nitrogens with two attached hydrogens (primary N) is 1. The summed E-state index contributed by atoms with van der Waals surface area (Å²) in [5.41, 5.74) is 6.07. The maximum Gasteiger partial charge on any atom is 0.325 e. The number of nitrogens with one attached hydrogen (secondary N) is 1. The zero-order chi connectivity index (χ0) is 17.9. The molecule has 0 saturated carbocycles. The fraction of sp³-hybridized carbons (Fsp3) is 0.353. The van der Waals surface area contributed by atoms with Gasteiger partial charge in [0.2, 0.25) is 0 Å². The molecule has 0 aliphatic carbocycles. The Morgan fingerprint density at radius 1 is 1.32 bits per heavy atom. The number of ether oxygens (including phenoxy) is 1. The summed E-state index contributed by atoms with van der Waals surface area (Å²) in [6, 6.07) is 9.27. The molecular formula is C17H20ClN5O2. The second-order valence-electron chi connectivity index (χ2n) is 6.03. The molecule has 0 unspecified atom stereocenters. The summed E-state index contributed by atoms with van der Waals surface area (Å²) < 4.78 is 4.80. The lowest BCUT2D eigenvalue weighted by atomic mass is 9.89. The van der Waals surface area contributed by atoms with E-state index in [9.17, 15) is 4.79 Å². The first kappa shape index (κ1) is 17.4. The molecule has 0 amide bonds. The molecule has 8 heteroatoms. The zero-order valence-electron chi connectivity index (χ0n) is 13.9. The van der Waals surface area contributed by atoms with Crippen LogP contribution >= 0.6 is 11.6 Å². The largest absolute Gasteiger partial charge is 0.468 e. The average molecular weight is 362 g/mol. The van der Waals surface area contributed by atoms with Crippen LogP contribution in [0, 0.1) is 0 Å². The van der Waals surface area contributed by atoms with Gasteiger partial charge in [0.1, 0.15) is 23.5 Å². The smallest absolute Gasteiger partial charge is 0.325 e. The fourth-order valence-corrected chi connectivity index (χ4v) is 3.03. The number of hydrogen-bond acceptors (Lipinski definition) is 7. The van der Waals surface area contributed by atoms with E-state index in [0.717, 1.165) is 11.5 Å². The molecular weight excluding hydrogens is 342 g/mol. The van der Waals surface area contributed by atoms with E-state index in [1.807, 2.05) is 30.3 Å². The van der Waals surface area contributed by atoms with E-state index in [2.05, 4.69) is 20.2 Å². The molecule has 25 heavy (non-hydrogen) atoms. The van der Waals surface area contributed by atoms with Crippen molar-refractivity contribution in [3.63, 3.8) is 0 Å². The molecule has 1 aromatic heterocycles. The molecule has 3 N–H and O–H groups in total. The molecule has 1 aliphatic heterocycles. The van der Waals surface area contributed by atoms with Gasteiger partial charge in [0.05, 0.1) is 7.11 Å². The lowest BCUT2D eigenvalue weighted by molar-refractivity contribution is -0.147. The van der Waals surface area contributed by atoms with Crippen LogP contribution in [-0.2, 0) is 9.53 Å². The molecule has 3 rings (SSSR count). The second-order valence-corrected chi connectivity index (χ2v) is 6.47. The number of anilines is 3. The number of aromatic nitrogens is 2. The van der Waals surface area contributed by atoms with Crippen LogP contribution in [0.5, 0.6) is 0 Å². The van der Waals surface area contributed by atoms with Crippen molar-refractivity contribution >= 4 is 34.9 Å². The van der Waals surface area contributed by atoms with Crippen LogP contribution < -0.4 is 16.0 Å². The van der Waals surface area contributed by atoms with Gasteiger partial charge in [-0.05, 0) is 31.0 Å². The molecule has 7 nitrogen and oxygen atoms in total. The van der Waals surface area contributed by atoms with Crippen molar-refractivity contribution in [3.8, 4) is 0 Å². The number of hydrogen-bond donors (Lipinski definition) is 2.